The zero-order valence-electron chi connectivity index (χ0n) is 18.7. The molecule has 1 aliphatic heterocycles. The van der Waals surface area contributed by atoms with E-state index in [0.29, 0.717) is 42.8 Å². The van der Waals surface area contributed by atoms with Crippen LogP contribution in [-0.2, 0) is 16.0 Å². The number of morpholine rings is 1. The van der Waals surface area contributed by atoms with E-state index < -0.39 is 5.25 Å². The highest BCUT2D eigenvalue weighted by Gasteiger charge is 2.29. The molecule has 2 unspecified atom stereocenters. The van der Waals surface area contributed by atoms with Gasteiger partial charge in [-0.3, -0.25) is 9.59 Å². The minimum Gasteiger partial charge on any atom is -0.378 e. The maximum Gasteiger partial charge on any atom is 0.260 e. The number of nitrogens with one attached hydrogen (secondary N) is 1. The fourth-order valence-electron chi connectivity index (χ4n) is 3.90. The van der Waals surface area contributed by atoms with E-state index in [9.17, 15) is 9.59 Å². The Hall–Kier alpha value is -2.16. The summed E-state index contributed by atoms with van der Waals surface area (Å²) in [6.07, 6.45) is 1.94. The summed E-state index contributed by atoms with van der Waals surface area (Å²) in [5.41, 5.74) is 1.89. The molecule has 4 rings (SSSR count). The second-order valence-corrected chi connectivity index (χ2v) is 10.5. The van der Waals surface area contributed by atoms with Gasteiger partial charge in [-0.2, -0.15) is 0 Å². The molecule has 0 radical (unpaired) electrons. The minimum absolute atomic E-state index is 0.0204. The van der Waals surface area contributed by atoms with Crippen molar-refractivity contribution in [3.05, 3.63) is 56.7 Å². The molecular weight excluding hydrogens is 442 g/mol. The molecule has 3 aromatic rings. The highest BCUT2D eigenvalue weighted by Crippen LogP contribution is 2.37. The number of hydrogen-bond acceptors (Lipinski definition) is 6. The van der Waals surface area contributed by atoms with Crippen LogP contribution in [0.15, 0.2) is 40.3 Å². The Kier molecular flexibility index (Phi) is 7.33. The number of amides is 1. The molecule has 170 valence electrons. The lowest BCUT2D eigenvalue weighted by atomic mass is 9.98. The third kappa shape index (κ3) is 4.92. The summed E-state index contributed by atoms with van der Waals surface area (Å²) in [6, 6.07) is 9.69. The molecule has 32 heavy (non-hydrogen) atoms. The molecule has 2 aromatic heterocycles. The van der Waals surface area contributed by atoms with Crippen molar-refractivity contribution < 1.29 is 9.53 Å². The number of carbonyl (C=O) groups is 1. The van der Waals surface area contributed by atoms with Crippen molar-refractivity contribution in [2.75, 3.05) is 26.3 Å². The topological polar surface area (TPSA) is 75.3 Å². The van der Waals surface area contributed by atoms with Crippen LogP contribution < -0.4 is 5.56 Å². The van der Waals surface area contributed by atoms with Gasteiger partial charge in [0.05, 0.1) is 18.6 Å². The number of fused-ring (bicyclic) bond motifs is 1. The van der Waals surface area contributed by atoms with Crippen LogP contribution >= 0.6 is 23.1 Å². The average Bonchev–Trinajstić information content (AvgIpc) is 3.13. The Balaban J connectivity index is 1.68. The number of aromatic nitrogens is 2. The van der Waals surface area contributed by atoms with Gasteiger partial charge in [-0.25, -0.2) is 4.98 Å². The van der Waals surface area contributed by atoms with Crippen LogP contribution in [0.3, 0.4) is 0 Å². The number of carbonyl (C=O) groups excluding carboxylic acids is 1. The predicted octanol–water partition coefficient (Wildman–Crippen LogP) is 4.57. The van der Waals surface area contributed by atoms with Gasteiger partial charge in [-0.15, -0.1) is 11.3 Å². The molecule has 3 heterocycles. The molecule has 1 aliphatic rings. The predicted molar refractivity (Wildman–Crippen MR) is 131 cm³/mol. The lowest BCUT2D eigenvalue weighted by Gasteiger charge is -2.30. The van der Waals surface area contributed by atoms with Crippen molar-refractivity contribution in [2.45, 2.75) is 44.0 Å². The maximum absolute atomic E-state index is 13.4. The Morgan fingerprint density at radius 2 is 2.00 bits per heavy atom. The van der Waals surface area contributed by atoms with Gasteiger partial charge in [-0.05, 0) is 30.4 Å². The van der Waals surface area contributed by atoms with Gasteiger partial charge in [0.25, 0.3) is 5.56 Å². The van der Waals surface area contributed by atoms with E-state index in [4.69, 9.17) is 9.72 Å². The first-order chi connectivity index (χ1) is 15.5. The van der Waals surface area contributed by atoms with Crippen LogP contribution in [-0.4, -0.2) is 47.1 Å². The lowest BCUT2D eigenvalue weighted by Crippen LogP contribution is -2.42. The van der Waals surface area contributed by atoms with E-state index in [0.717, 1.165) is 33.7 Å². The first-order valence-corrected chi connectivity index (χ1v) is 12.8. The van der Waals surface area contributed by atoms with Gasteiger partial charge < -0.3 is 14.6 Å². The van der Waals surface area contributed by atoms with Crippen molar-refractivity contribution in [1.29, 1.82) is 0 Å². The summed E-state index contributed by atoms with van der Waals surface area (Å²) in [5.74, 6) is 0.528. The zero-order valence-corrected chi connectivity index (χ0v) is 20.4. The van der Waals surface area contributed by atoms with Gasteiger partial charge in [-0.1, -0.05) is 62.4 Å². The van der Waals surface area contributed by atoms with E-state index >= 15 is 0 Å². The van der Waals surface area contributed by atoms with Gasteiger partial charge in [0, 0.05) is 18.0 Å². The van der Waals surface area contributed by atoms with Crippen LogP contribution in [0.4, 0.5) is 0 Å². The second-order valence-electron chi connectivity index (χ2n) is 8.25. The second kappa shape index (κ2) is 10.2. The third-order valence-electron chi connectivity index (χ3n) is 5.97. The van der Waals surface area contributed by atoms with Crippen LogP contribution in [0.5, 0.6) is 0 Å². The van der Waals surface area contributed by atoms with Crippen molar-refractivity contribution in [3.8, 4) is 0 Å². The SMILES string of the molecule is CCC(C)Cc1c(C)sc2nc(SC(C(=O)N3CCOCC3)c3ccccc3)[nH]c(=O)c12. The number of benzene rings is 1. The van der Waals surface area contributed by atoms with Crippen LogP contribution in [0.2, 0.25) is 0 Å². The minimum atomic E-state index is -0.476. The normalized spacial score (nSPS) is 16.3. The average molecular weight is 472 g/mol. The van der Waals surface area contributed by atoms with E-state index in [1.54, 1.807) is 11.3 Å². The van der Waals surface area contributed by atoms with Gasteiger partial charge >= 0.3 is 0 Å². The van der Waals surface area contributed by atoms with Crippen molar-refractivity contribution in [1.82, 2.24) is 14.9 Å². The van der Waals surface area contributed by atoms with E-state index in [1.807, 2.05) is 35.2 Å². The summed E-state index contributed by atoms with van der Waals surface area (Å²) in [7, 11) is 0. The first-order valence-electron chi connectivity index (χ1n) is 11.1. The van der Waals surface area contributed by atoms with Gasteiger partial charge in [0.1, 0.15) is 10.1 Å². The summed E-state index contributed by atoms with van der Waals surface area (Å²) >= 11 is 2.88. The monoisotopic (exact) mass is 471 g/mol. The molecule has 6 nitrogen and oxygen atoms in total. The Morgan fingerprint density at radius 3 is 2.69 bits per heavy atom. The van der Waals surface area contributed by atoms with E-state index in [-0.39, 0.29) is 11.5 Å². The number of aryl methyl sites for hydroxylation is 1. The lowest BCUT2D eigenvalue weighted by molar-refractivity contribution is -0.134. The van der Waals surface area contributed by atoms with E-state index in [1.165, 1.54) is 11.8 Å². The molecule has 2 atom stereocenters. The number of ether oxygens (including phenoxy) is 1. The van der Waals surface area contributed by atoms with Crippen LogP contribution in [0, 0.1) is 12.8 Å². The number of hydrogen-bond donors (Lipinski definition) is 1. The van der Waals surface area contributed by atoms with Crippen molar-refractivity contribution in [2.24, 2.45) is 5.92 Å². The Bertz CT molecular complexity index is 1140. The van der Waals surface area contributed by atoms with Crippen molar-refractivity contribution >= 4 is 39.2 Å². The molecule has 1 aromatic carbocycles. The molecule has 1 fully saturated rings. The fraction of sp³-hybridized carbons (Fsp3) is 0.458. The van der Waals surface area contributed by atoms with Crippen LogP contribution in [0.25, 0.3) is 10.2 Å². The maximum atomic E-state index is 13.4. The molecule has 0 saturated carbocycles. The number of thioether (sulfide) groups is 1. The highest BCUT2D eigenvalue weighted by atomic mass is 32.2. The molecule has 1 N–H and O–H groups in total. The van der Waals surface area contributed by atoms with E-state index in [2.05, 4.69) is 25.8 Å². The molecule has 0 bridgehead atoms. The molecule has 1 amide bonds. The fourth-order valence-corrected chi connectivity index (χ4v) is 6.07. The Morgan fingerprint density at radius 1 is 1.28 bits per heavy atom. The number of rotatable bonds is 7. The van der Waals surface area contributed by atoms with Crippen LogP contribution in [0.1, 0.15) is 41.5 Å². The van der Waals surface area contributed by atoms with Gasteiger partial charge in [0.15, 0.2) is 5.16 Å². The summed E-state index contributed by atoms with van der Waals surface area (Å²) in [5, 5.41) is 0.706. The van der Waals surface area contributed by atoms with Gasteiger partial charge in [0.2, 0.25) is 5.91 Å². The summed E-state index contributed by atoms with van der Waals surface area (Å²) in [4.78, 5) is 37.9. The smallest absolute Gasteiger partial charge is 0.260 e. The number of H-pyrrole nitrogens is 1. The highest BCUT2D eigenvalue weighted by molar-refractivity contribution is 8.00. The molecule has 0 spiro atoms. The van der Waals surface area contributed by atoms with Crippen molar-refractivity contribution in [3.63, 3.8) is 0 Å². The molecule has 8 heteroatoms. The molecule has 1 saturated heterocycles. The quantitative estimate of drug-likeness (QED) is 0.403. The first kappa shape index (κ1) is 23.0. The summed E-state index contributed by atoms with van der Waals surface area (Å²) < 4.78 is 5.41. The Labute approximate surface area is 196 Å². The largest absolute Gasteiger partial charge is 0.378 e. The number of nitrogens with zero attached hydrogens (tertiary/aromatic N) is 2. The standard InChI is InChI=1S/C24H29N3O3S2/c1-4-15(2)14-18-16(3)31-22-19(18)21(28)25-24(26-22)32-20(17-8-6-5-7-9-17)23(29)27-10-12-30-13-11-27/h5-9,15,20H,4,10-14H2,1-3H3,(H,25,26,28). The number of thiophene rings is 1. The third-order valence-corrected chi connectivity index (χ3v) is 8.14. The molecule has 0 aliphatic carbocycles. The zero-order chi connectivity index (χ0) is 22.7. The summed E-state index contributed by atoms with van der Waals surface area (Å²) in [6.45, 7) is 8.69. The molecular formula is C24H29N3O3S2. The number of aromatic amines is 1.